The van der Waals surface area contributed by atoms with Crippen molar-refractivity contribution in [3.63, 3.8) is 0 Å². The summed E-state index contributed by atoms with van der Waals surface area (Å²) in [5.41, 5.74) is 3.21. The Labute approximate surface area is 164 Å². The van der Waals surface area contributed by atoms with Crippen LogP contribution in [0.15, 0.2) is 48.5 Å². The summed E-state index contributed by atoms with van der Waals surface area (Å²) in [5.74, 6) is -1.28. The highest BCUT2D eigenvalue weighted by Gasteiger charge is 2.47. The number of carbonyl (C=O) groups is 3. The Morgan fingerprint density at radius 1 is 1.00 bits per heavy atom. The number of amides is 2. The number of esters is 1. The summed E-state index contributed by atoms with van der Waals surface area (Å²) in [5, 5.41) is 5.71. The molecule has 0 aromatic heterocycles. The molecular weight excluding hydrogens is 356 g/mol. The van der Waals surface area contributed by atoms with Crippen molar-refractivity contribution in [3.8, 4) is 0 Å². The molecular formula is C22H24N2O4. The largest absolute Gasteiger partial charge is 0.462 e. The van der Waals surface area contributed by atoms with Crippen LogP contribution in [0.25, 0.3) is 0 Å². The molecule has 0 bridgehead atoms. The van der Waals surface area contributed by atoms with Crippen LogP contribution in [0.5, 0.6) is 0 Å². The molecule has 146 valence electrons. The number of hydrogen-bond acceptors (Lipinski definition) is 4. The molecule has 2 aromatic rings. The summed E-state index contributed by atoms with van der Waals surface area (Å²) in [6.07, 6.45) is 0.548. The second kappa shape index (κ2) is 8.69. The number of anilines is 1. The first-order chi connectivity index (χ1) is 13.5. The molecule has 0 heterocycles. The predicted molar refractivity (Wildman–Crippen MR) is 106 cm³/mol. The van der Waals surface area contributed by atoms with Gasteiger partial charge in [-0.2, -0.15) is 0 Å². The topological polar surface area (TPSA) is 84.5 Å². The summed E-state index contributed by atoms with van der Waals surface area (Å²) in [7, 11) is 0. The Kier molecular flexibility index (Phi) is 6.09. The van der Waals surface area contributed by atoms with Crippen LogP contribution in [0, 0.1) is 18.8 Å². The van der Waals surface area contributed by atoms with Crippen LogP contribution in [-0.2, 0) is 20.9 Å². The Morgan fingerprint density at radius 3 is 2.36 bits per heavy atom. The molecule has 0 aliphatic heterocycles. The van der Waals surface area contributed by atoms with Gasteiger partial charge in [0.05, 0.1) is 24.0 Å². The molecule has 2 unspecified atom stereocenters. The van der Waals surface area contributed by atoms with E-state index in [1.165, 1.54) is 0 Å². The maximum atomic E-state index is 12.4. The first-order valence-corrected chi connectivity index (χ1v) is 9.40. The van der Waals surface area contributed by atoms with Crippen LogP contribution in [-0.4, -0.2) is 24.4 Å². The second-order valence-electron chi connectivity index (χ2n) is 6.88. The number of benzene rings is 2. The second-order valence-corrected chi connectivity index (χ2v) is 6.88. The summed E-state index contributed by atoms with van der Waals surface area (Å²) >= 11 is 0. The average molecular weight is 380 g/mol. The van der Waals surface area contributed by atoms with Crippen LogP contribution in [0.1, 0.15) is 34.8 Å². The van der Waals surface area contributed by atoms with Crippen molar-refractivity contribution in [2.24, 2.45) is 11.8 Å². The number of hydrogen-bond donors (Lipinski definition) is 2. The zero-order valence-corrected chi connectivity index (χ0v) is 16.0. The van der Waals surface area contributed by atoms with Gasteiger partial charge in [0.25, 0.3) is 0 Å². The lowest BCUT2D eigenvalue weighted by Gasteiger charge is -2.08. The van der Waals surface area contributed by atoms with E-state index >= 15 is 0 Å². The van der Waals surface area contributed by atoms with Gasteiger partial charge in [0.15, 0.2) is 0 Å². The summed E-state index contributed by atoms with van der Waals surface area (Å²) in [6, 6.07) is 14.4. The number of nitrogens with one attached hydrogen (secondary N) is 2. The van der Waals surface area contributed by atoms with Gasteiger partial charge in [0.2, 0.25) is 11.8 Å². The van der Waals surface area contributed by atoms with Crippen LogP contribution in [0.4, 0.5) is 5.69 Å². The Balaban J connectivity index is 1.48. The number of aryl methyl sites for hydroxylation is 1. The minimum Gasteiger partial charge on any atom is -0.462 e. The molecule has 6 heteroatoms. The molecule has 1 saturated carbocycles. The minimum absolute atomic E-state index is 0.0962. The molecule has 2 atom stereocenters. The lowest BCUT2D eigenvalue weighted by molar-refractivity contribution is -0.125. The maximum absolute atomic E-state index is 12.4. The van der Waals surface area contributed by atoms with E-state index in [-0.39, 0.29) is 23.7 Å². The Hall–Kier alpha value is -3.15. The van der Waals surface area contributed by atoms with Crippen molar-refractivity contribution in [2.45, 2.75) is 26.8 Å². The molecule has 2 amide bonds. The van der Waals surface area contributed by atoms with E-state index < -0.39 is 5.97 Å². The van der Waals surface area contributed by atoms with Crippen molar-refractivity contribution >= 4 is 23.5 Å². The fourth-order valence-electron chi connectivity index (χ4n) is 3.04. The fourth-order valence-corrected chi connectivity index (χ4v) is 3.04. The fraction of sp³-hybridized carbons (Fsp3) is 0.318. The molecule has 0 spiro atoms. The average Bonchev–Trinajstić information content (AvgIpc) is 3.49. The van der Waals surface area contributed by atoms with Gasteiger partial charge in [0, 0.05) is 12.2 Å². The molecule has 0 radical (unpaired) electrons. The van der Waals surface area contributed by atoms with E-state index in [0.29, 0.717) is 30.8 Å². The van der Waals surface area contributed by atoms with Crippen LogP contribution >= 0.6 is 0 Å². The third-order valence-electron chi connectivity index (χ3n) is 4.84. The van der Waals surface area contributed by atoms with Gasteiger partial charge in [-0.05, 0) is 55.7 Å². The minimum atomic E-state index is -0.395. The van der Waals surface area contributed by atoms with Gasteiger partial charge in [-0.15, -0.1) is 0 Å². The molecule has 0 saturated heterocycles. The standard InChI is InChI=1S/C22H24N2O4/c1-3-28-22(27)15-8-10-17(11-9-15)24-21(26)19-12-18(19)20(25)23-13-16-7-5-4-6-14(16)2/h4-11,18-19H,3,12-13H2,1-2H3,(H,23,25)(H,24,26). The molecule has 28 heavy (non-hydrogen) atoms. The van der Waals surface area contributed by atoms with E-state index in [0.717, 1.165) is 11.1 Å². The normalized spacial score (nSPS) is 17.5. The Bertz CT molecular complexity index is 876. The van der Waals surface area contributed by atoms with Gasteiger partial charge >= 0.3 is 5.97 Å². The molecule has 3 rings (SSSR count). The van der Waals surface area contributed by atoms with Gasteiger partial charge in [-0.3, -0.25) is 9.59 Å². The molecule has 1 aliphatic rings. The summed E-state index contributed by atoms with van der Waals surface area (Å²) in [4.78, 5) is 36.3. The zero-order chi connectivity index (χ0) is 20.1. The van der Waals surface area contributed by atoms with Gasteiger partial charge in [-0.25, -0.2) is 4.79 Å². The highest BCUT2D eigenvalue weighted by Crippen LogP contribution is 2.39. The lowest BCUT2D eigenvalue weighted by atomic mass is 10.1. The number of rotatable bonds is 7. The van der Waals surface area contributed by atoms with E-state index in [1.807, 2.05) is 31.2 Å². The summed E-state index contributed by atoms with van der Waals surface area (Å²) in [6.45, 7) is 4.52. The quantitative estimate of drug-likeness (QED) is 0.723. The molecule has 1 fully saturated rings. The third kappa shape index (κ3) is 4.76. The SMILES string of the molecule is CCOC(=O)c1ccc(NC(=O)C2CC2C(=O)NCc2ccccc2C)cc1. The first kappa shape index (κ1) is 19.6. The lowest BCUT2D eigenvalue weighted by Crippen LogP contribution is -2.27. The number of carbonyl (C=O) groups excluding carboxylic acids is 3. The first-order valence-electron chi connectivity index (χ1n) is 9.40. The van der Waals surface area contributed by atoms with Crippen molar-refractivity contribution in [1.82, 2.24) is 5.32 Å². The third-order valence-corrected chi connectivity index (χ3v) is 4.84. The number of ether oxygens (including phenoxy) is 1. The van der Waals surface area contributed by atoms with Crippen molar-refractivity contribution in [2.75, 3.05) is 11.9 Å². The van der Waals surface area contributed by atoms with E-state index in [4.69, 9.17) is 4.74 Å². The van der Waals surface area contributed by atoms with E-state index in [2.05, 4.69) is 10.6 Å². The van der Waals surface area contributed by atoms with Crippen molar-refractivity contribution in [1.29, 1.82) is 0 Å². The van der Waals surface area contributed by atoms with Crippen molar-refractivity contribution in [3.05, 3.63) is 65.2 Å². The van der Waals surface area contributed by atoms with Crippen LogP contribution in [0.3, 0.4) is 0 Å². The molecule has 2 N–H and O–H groups in total. The van der Waals surface area contributed by atoms with Gasteiger partial charge in [-0.1, -0.05) is 24.3 Å². The zero-order valence-electron chi connectivity index (χ0n) is 16.0. The smallest absolute Gasteiger partial charge is 0.338 e. The van der Waals surface area contributed by atoms with Crippen LogP contribution < -0.4 is 10.6 Å². The highest BCUT2D eigenvalue weighted by molar-refractivity contribution is 5.99. The summed E-state index contributed by atoms with van der Waals surface area (Å²) < 4.78 is 4.93. The predicted octanol–water partition coefficient (Wildman–Crippen LogP) is 3.06. The maximum Gasteiger partial charge on any atom is 0.338 e. The highest BCUT2D eigenvalue weighted by atomic mass is 16.5. The van der Waals surface area contributed by atoms with Crippen molar-refractivity contribution < 1.29 is 19.1 Å². The monoisotopic (exact) mass is 380 g/mol. The van der Waals surface area contributed by atoms with Crippen LogP contribution in [0.2, 0.25) is 0 Å². The Morgan fingerprint density at radius 2 is 1.68 bits per heavy atom. The van der Waals surface area contributed by atoms with Gasteiger partial charge < -0.3 is 15.4 Å². The van der Waals surface area contributed by atoms with Gasteiger partial charge in [0.1, 0.15) is 0 Å². The van der Waals surface area contributed by atoms with E-state index in [9.17, 15) is 14.4 Å². The molecule has 2 aromatic carbocycles. The van der Waals surface area contributed by atoms with E-state index in [1.54, 1.807) is 31.2 Å². The molecule has 6 nitrogen and oxygen atoms in total. The molecule has 1 aliphatic carbocycles.